The first-order valence-electron chi connectivity index (χ1n) is 4.99. The molecule has 5 nitrogen and oxygen atoms in total. The molecule has 2 aromatic rings. The number of ether oxygens (including phenoxy) is 1. The SMILES string of the molecule is COc1ccc(Cc2nc(C(=O)O)co2)cc1. The summed E-state index contributed by atoms with van der Waals surface area (Å²) in [6.45, 7) is 0. The van der Waals surface area contributed by atoms with Crippen LogP contribution in [-0.2, 0) is 6.42 Å². The van der Waals surface area contributed by atoms with Gasteiger partial charge >= 0.3 is 5.97 Å². The Bertz CT molecular complexity index is 516. The average molecular weight is 233 g/mol. The van der Waals surface area contributed by atoms with Gasteiger partial charge in [-0.05, 0) is 17.7 Å². The lowest BCUT2D eigenvalue weighted by atomic mass is 10.1. The summed E-state index contributed by atoms with van der Waals surface area (Å²) in [6, 6.07) is 7.42. The number of aromatic carboxylic acids is 1. The number of carbonyl (C=O) groups is 1. The van der Waals surface area contributed by atoms with Crippen LogP contribution in [0.15, 0.2) is 34.9 Å². The van der Waals surface area contributed by atoms with Crippen molar-refractivity contribution in [1.82, 2.24) is 4.98 Å². The van der Waals surface area contributed by atoms with Gasteiger partial charge in [-0.25, -0.2) is 9.78 Å². The molecule has 0 aliphatic carbocycles. The standard InChI is InChI=1S/C12H11NO4/c1-16-9-4-2-8(3-5-9)6-11-13-10(7-17-11)12(14)15/h2-5,7H,6H2,1H3,(H,14,15). The second-order valence-electron chi connectivity index (χ2n) is 3.46. The van der Waals surface area contributed by atoms with Crippen LogP contribution in [0.4, 0.5) is 0 Å². The van der Waals surface area contributed by atoms with Gasteiger partial charge in [0.25, 0.3) is 0 Å². The number of oxazole rings is 1. The fourth-order valence-corrected chi connectivity index (χ4v) is 1.41. The van der Waals surface area contributed by atoms with E-state index in [9.17, 15) is 4.79 Å². The molecule has 0 saturated heterocycles. The predicted molar refractivity (Wildman–Crippen MR) is 59.3 cm³/mol. The molecule has 0 aliphatic rings. The molecule has 0 spiro atoms. The third-order valence-electron chi connectivity index (χ3n) is 2.29. The third kappa shape index (κ3) is 2.63. The number of methoxy groups -OCH3 is 1. The fraction of sp³-hybridized carbons (Fsp3) is 0.167. The lowest BCUT2D eigenvalue weighted by Crippen LogP contribution is -1.97. The molecule has 0 aliphatic heterocycles. The number of hydrogen-bond donors (Lipinski definition) is 1. The van der Waals surface area contributed by atoms with E-state index < -0.39 is 5.97 Å². The van der Waals surface area contributed by atoms with Crippen LogP contribution >= 0.6 is 0 Å². The number of rotatable bonds is 4. The highest BCUT2D eigenvalue weighted by atomic mass is 16.5. The van der Waals surface area contributed by atoms with Crippen LogP contribution in [0, 0.1) is 0 Å². The summed E-state index contributed by atoms with van der Waals surface area (Å²) in [5.74, 6) is 0.0645. The second kappa shape index (κ2) is 4.69. The van der Waals surface area contributed by atoms with Crippen LogP contribution in [-0.4, -0.2) is 23.2 Å². The minimum Gasteiger partial charge on any atom is -0.497 e. The predicted octanol–water partition coefficient (Wildman–Crippen LogP) is 1.97. The Morgan fingerprint density at radius 1 is 1.41 bits per heavy atom. The average Bonchev–Trinajstić information content (AvgIpc) is 2.79. The van der Waals surface area contributed by atoms with Gasteiger partial charge in [-0.1, -0.05) is 12.1 Å². The van der Waals surface area contributed by atoms with E-state index in [-0.39, 0.29) is 5.69 Å². The molecule has 0 bridgehead atoms. The Morgan fingerprint density at radius 3 is 2.65 bits per heavy atom. The van der Waals surface area contributed by atoms with Crippen LogP contribution in [0.3, 0.4) is 0 Å². The van der Waals surface area contributed by atoms with Gasteiger partial charge in [0, 0.05) is 6.42 Å². The minimum absolute atomic E-state index is 0.0755. The number of carboxylic acids is 1. The van der Waals surface area contributed by atoms with Crippen molar-refractivity contribution in [1.29, 1.82) is 0 Å². The molecule has 0 fully saturated rings. The van der Waals surface area contributed by atoms with E-state index in [1.54, 1.807) is 7.11 Å². The highest BCUT2D eigenvalue weighted by molar-refractivity contribution is 5.84. The first-order valence-corrected chi connectivity index (χ1v) is 4.99. The van der Waals surface area contributed by atoms with E-state index in [4.69, 9.17) is 14.3 Å². The van der Waals surface area contributed by atoms with Crippen molar-refractivity contribution < 1.29 is 19.1 Å². The summed E-state index contributed by atoms with van der Waals surface area (Å²) >= 11 is 0. The molecule has 0 atom stereocenters. The Balaban J connectivity index is 2.11. The topological polar surface area (TPSA) is 72.6 Å². The molecule has 1 N–H and O–H groups in total. The van der Waals surface area contributed by atoms with Gasteiger partial charge in [-0.2, -0.15) is 0 Å². The zero-order valence-electron chi connectivity index (χ0n) is 9.21. The smallest absolute Gasteiger partial charge is 0.357 e. The van der Waals surface area contributed by atoms with E-state index in [0.717, 1.165) is 17.6 Å². The lowest BCUT2D eigenvalue weighted by Gasteiger charge is -2.00. The zero-order chi connectivity index (χ0) is 12.3. The molecule has 17 heavy (non-hydrogen) atoms. The monoisotopic (exact) mass is 233 g/mol. The fourth-order valence-electron chi connectivity index (χ4n) is 1.41. The van der Waals surface area contributed by atoms with Gasteiger partial charge in [0.2, 0.25) is 0 Å². The molecule has 0 radical (unpaired) electrons. The third-order valence-corrected chi connectivity index (χ3v) is 2.29. The summed E-state index contributed by atoms with van der Waals surface area (Å²) in [4.78, 5) is 14.5. The van der Waals surface area contributed by atoms with Crippen molar-refractivity contribution in [2.24, 2.45) is 0 Å². The van der Waals surface area contributed by atoms with Crippen LogP contribution in [0.25, 0.3) is 0 Å². The van der Waals surface area contributed by atoms with Crippen LogP contribution in [0.5, 0.6) is 5.75 Å². The van der Waals surface area contributed by atoms with Gasteiger partial charge in [-0.3, -0.25) is 0 Å². The van der Waals surface area contributed by atoms with E-state index in [1.807, 2.05) is 24.3 Å². The normalized spacial score (nSPS) is 10.2. The number of nitrogens with zero attached hydrogens (tertiary/aromatic N) is 1. The van der Waals surface area contributed by atoms with E-state index >= 15 is 0 Å². The van der Waals surface area contributed by atoms with Gasteiger partial charge < -0.3 is 14.3 Å². The molecule has 5 heteroatoms. The molecule has 1 aromatic heterocycles. The van der Waals surface area contributed by atoms with Crippen molar-refractivity contribution >= 4 is 5.97 Å². The van der Waals surface area contributed by atoms with Gasteiger partial charge in [0.1, 0.15) is 12.0 Å². The Morgan fingerprint density at radius 2 is 2.12 bits per heavy atom. The van der Waals surface area contributed by atoms with E-state index in [2.05, 4.69) is 4.98 Å². The Kier molecular flexibility index (Phi) is 3.09. The molecule has 0 amide bonds. The quantitative estimate of drug-likeness (QED) is 0.874. The number of carboxylic acid groups (broad SMARTS) is 1. The first kappa shape index (κ1) is 11.2. The van der Waals surface area contributed by atoms with Crippen LogP contribution in [0.2, 0.25) is 0 Å². The van der Waals surface area contributed by atoms with E-state index in [1.165, 1.54) is 0 Å². The lowest BCUT2D eigenvalue weighted by molar-refractivity contribution is 0.0690. The van der Waals surface area contributed by atoms with Crippen molar-refractivity contribution in [3.8, 4) is 5.75 Å². The van der Waals surface area contributed by atoms with Crippen molar-refractivity contribution in [3.05, 3.63) is 47.7 Å². The number of aromatic nitrogens is 1. The first-order chi connectivity index (χ1) is 8.19. The summed E-state index contributed by atoms with van der Waals surface area (Å²) in [6.07, 6.45) is 1.60. The Hall–Kier alpha value is -2.30. The summed E-state index contributed by atoms with van der Waals surface area (Å²) in [5, 5.41) is 8.69. The Labute approximate surface area is 97.7 Å². The van der Waals surface area contributed by atoms with Gasteiger partial charge in [-0.15, -0.1) is 0 Å². The molecular weight excluding hydrogens is 222 g/mol. The highest BCUT2D eigenvalue weighted by Crippen LogP contribution is 2.14. The van der Waals surface area contributed by atoms with Crippen LogP contribution < -0.4 is 4.74 Å². The van der Waals surface area contributed by atoms with Crippen molar-refractivity contribution in [2.45, 2.75) is 6.42 Å². The van der Waals surface area contributed by atoms with Gasteiger partial charge in [0.15, 0.2) is 11.6 Å². The molecule has 1 heterocycles. The molecule has 0 unspecified atom stereocenters. The molecule has 0 saturated carbocycles. The highest BCUT2D eigenvalue weighted by Gasteiger charge is 2.10. The molecular formula is C12H11NO4. The second-order valence-corrected chi connectivity index (χ2v) is 3.46. The molecule has 88 valence electrons. The summed E-state index contributed by atoms with van der Waals surface area (Å²) in [7, 11) is 1.60. The molecule has 1 aromatic carbocycles. The van der Waals surface area contributed by atoms with Crippen LogP contribution in [0.1, 0.15) is 21.9 Å². The summed E-state index contributed by atoms with van der Waals surface area (Å²) in [5.41, 5.74) is 0.901. The minimum atomic E-state index is -1.09. The van der Waals surface area contributed by atoms with Crippen molar-refractivity contribution in [2.75, 3.05) is 7.11 Å². The van der Waals surface area contributed by atoms with Gasteiger partial charge in [0.05, 0.1) is 7.11 Å². The maximum Gasteiger partial charge on any atom is 0.357 e. The summed E-state index contributed by atoms with van der Waals surface area (Å²) < 4.78 is 10.1. The van der Waals surface area contributed by atoms with E-state index in [0.29, 0.717) is 12.3 Å². The maximum absolute atomic E-state index is 10.6. The molecule has 2 rings (SSSR count). The number of hydrogen-bond acceptors (Lipinski definition) is 4. The van der Waals surface area contributed by atoms with Crippen molar-refractivity contribution in [3.63, 3.8) is 0 Å². The number of benzene rings is 1. The largest absolute Gasteiger partial charge is 0.497 e. The maximum atomic E-state index is 10.6. The zero-order valence-corrected chi connectivity index (χ0v) is 9.21.